The van der Waals surface area contributed by atoms with E-state index in [1.54, 1.807) is 38.5 Å². The third kappa shape index (κ3) is 5.11. The second-order valence-electron chi connectivity index (χ2n) is 7.84. The van der Waals surface area contributed by atoms with Crippen LogP contribution in [0.25, 0.3) is 5.57 Å². The first-order valence-electron chi connectivity index (χ1n) is 10.6. The van der Waals surface area contributed by atoms with Gasteiger partial charge in [0.15, 0.2) is 0 Å². The summed E-state index contributed by atoms with van der Waals surface area (Å²) in [5, 5.41) is 3.18. The zero-order valence-corrected chi connectivity index (χ0v) is 19.2. The van der Waals surface area contributed by atoms with Gasteiger partial charge >= 0.3 is 0 Å². The molecule has 7 nitrogen and oxygen atoms in total. The summed E-state index contributed by atoms with van der Waals surface area (Å²) in [7, 11) is 3.15. The molecule has 3 rings (SSSR count). The molecular formula is C25H30N2O5. The molecule has 0 bridgehead atoms. The van der Waals surface area contributed by atoms with Crippen LogP contribution in [-0.4, -0.2) is 50.2 Å². The lowest BCUT2D eigenvalue weighted by Crippen LogP contribution is -2.34. The number of benzene rings is 2. The maximum Gasteiger partial charge on any atom is 0.278 e. The van der Waals surface area contributed by atoms with Gasteiger partial charge in [0, 0.05) is 13.2 Å². The van der Waals surface area contributed by atoms with Crippen molar-refractivity contribution in [3.8, 4) is 11.5 Å². The number of hydrogen-bond donors (Lipinski definition) is 1. The Bertz CT molecular complexity index is 1010. The van der Waals surface area contributed by atoms with E-state index in [0.717, 1.165) is 5.56 Å². The first-order chi connectivity index (χ1) is 15.3. The van der Waals surface area contributed by atoms with E-state index >= 15 is 0 Å². The Morgan fingerprint density at radius 3 is 2.31 bits per heavy atom. The lowest BCUT2D eigenvalue weighted by molar-refractivity contribution is -0.137. The molecule has 32 heavy (non-hydrogen) atoms. The number of hydrogen-bond acceptors (Lipinski definition) is 6. The van der Waals surface area contributed by atoms with Gasteiger partial charge in [-0.3, -0.25) is 14.5 Å². The largest absolute Gasteiger partial charge is 0.497 e. The van der Waals surface area contributed by atoms with Crippen LogP contribution < -0.4 is 14.8 Å². The fourth-order valence-electron chi connectivity index (χ4n) is 3.52. The minimum absolute atomic E-state index is 0.0963. The quantitative estimate of drug-likeness (QED) is 0.446. The number of carbonyl (C=O) groups is 2. The highest BCUT2D eigenvalue weighted by Gasteiger charge is 2.39. The third-order valence-corrected chi connectivity index (χ3v) is 5.14. The molecule has 2 amide bonds. The van der Waals surface area contributed by atoms with E-state index in [4.69, 9.17) is 14.2 Å². The molecule has 170 valence electrons. The second-order valence-corrected chi connectivity index (χ2v) is 7.84. The molecule has 0 aliphatic carbocycles. The molecule has 0 unspecified atom stereocenters. The zero-order valence-electron chi connectivity index (χ0n) is 19.2. The minimum atomic E-state index is -0.367. The van der Waals surface area contributed by atoms with Crippen LogP contribution in [-0.2, 0) is 14.3 Å². The number of carbonyl (C=O) groups excluding carboxylic acids is 2. The number of ether oxygens (including phenoxy) is 3. The summed E-state index contributed by atoms with van der Waals surface area (Å²) < 4.78 is 16.2. The molecule has 0 spiro atoms. The molecule has 0 fully saturated rings. The summed E-state index contributed by atoms with van der Waals surface area (Å²) in [6.45, 7) is 6.60. The van der Waals surface area contributed by atoms with Gasteiger partial charge < -0.3 is 19.5 Å². The molecule has 0 atom stereocenters. The van der Waals surface area contributed by atoms with E-state index in [1.807, 2.05) is 39.0 Å². The Morgan fingerprint density at radius 1 is 0.969 bits per heavy atom. The number of amides is 2. The molecular weight excluding hydrogens is 408 g/mol. The zero-order chi connectivity index (χ0) is 23.3. The van der Waals surface area contributed by atoms with Crippen molar-refractivity contribution in [3.63, 3.8) is 0 Å². The lowest BCUT2D eigenvalue weighted by Gasteiger charge is -2.16. The van der Waals surface area contributed by atoms with Crippen LogP contribution in [0, 0.1) is 6.92 Å². The van der Waals surface area contributed by atoms with Crippen LogP contribution in [0.15, 0.2) is 48.2 Å². The number of anilines is 1. The van der Waals surface area contributed by atoms with E-state index in [2.05, 4.69) is 5.32 Å². The minimum Gasteiger partial charge on any atom is -0.497 e. The summed E-state index contributed by atoms with van der Waals surface area (Å²) in [6, 6.07) is 12.7. The summed E-state index contributed by atoms with van der Waals surface area (Å²) >= 11 is 0. The predicted molar refractivity (Wildman–Crippen MR) is 124 cm³/mol. The summed E-state index contributed by atoms with van der Waals surface area (Å²) in [4.78, 5) is 27.9. The average molecular weight is 439 g/mol. The van der Waals surface area contributed by atoms with Crippen LogP contribution in [0.2, 0.25) is 0 Å². The van der Waals surface area contributed by atoms with Gasteiger partial charge in [-0.25, -0.2) is 0 Å². The van der Waals surface area contributed by atoms with Crippen LogP contribution in [0.3, 0.4) is 0 Å². The molecule has 2 aromatic rings. The SMILES string of the molecule is COc1ccc(C2=C(Nc3cc(C)ccc3OC)C(=O)N(CCCOC(C)C)C2=O)cc1. The van der Waals surface area contributed by atoms with Gasteiger partial charge in [-0.1, -0.05) is 18.2 Å². The molecule has 0 saturated carbocycles. The van der Waals surface area contributed by atoms with Crippen molar-refractivity contribution in [2.24, 2.45) is 0 Å². The average Bonchev–Trinajstić information content (AvgIpc) is 3.00. The van der Waals surface area contributed by atoms with Crippen molar-refractivity contribution in [1.82, 2.24) is 4.90 Å². The smallest absolute Gasteiger partial charge is 0.278 e. The van der Waals surface area contributed by atoms with Gasteiger partial charge in [0.05, 0.1) is 31.6 Å². The van der Waals surface area contributed by atoms with Crippen molar-refractivity contribution in [3.05, 3.63) is 59.3 Å². The second kappa shape index (κ2) is 10.3. The molecule has 0 saturated heterocycles. The Labute approximate surface area is 189 Å². The molecule has 1 aliphatic heterocycles. The number of nitrogens with zero attached hydrogens (tertiary/aromatic N) is 1. The number of methoxy groups -OCH3 is 2. The van der Waals surface area contributed by atoms with Crippen molar-refractivity contribution in [1.29, 1.82) is 0 Å². The summed E-state index contributed by atoms with van der Waals surface area (Å²) in [5.41, 5.74) is 2.82. The molecule has 2 aromatic carbocycles. The standard InChI is InChI=1S/C25H30N2O5/c1-16(2)32-14-6-13-27-24(28)22(18-8-10-19(30-4)11-9-18)23(25(27)29)26-20-15-17(3)7-12-21(20)31-5/h7-12,15-16,26H,6,13-14H2,1-5H3. The van der Waals surface area contributed by atoms with Gasteiger partial charge in [0.1, 0.15) is 17.2 Å². The van der Waals surface area contributed by atoms with Crippen molar-refractivity contribution < 1.29 is 23.8 Å². The Kier molecular flexibility index (Phi) is 7.53. The van der Waals surface area contributed by atoms with E-state index in [1.165, 1.54) is 4.90 Å². The van der Waals surface area contributed by atoms with Gasteiger partial charge in [0.25, 0.3) is 11.8 Å². The van der Waals surface area contributed by atoms with Crippen LogP contribution in [0.1, 0.15) is 31.4 Å². The van der Waals surface area contributed by atoms with Crippen molar-refractivity contribution in [2.75, 3.05) is 32.7 Å². The number of rotatable bonds is 10. The van der Waals surface area contributed by atoms with Gasteiger partial charge in [-0.15, -0.1) is 0 Å². The van der Waals surface area contributed by atoms with Crippen LogP contribution in [0.5, 0.6) is 11.5 Å². The van der Waals surface area contributed by atoms with Crippen LogP contribution in [0.4, 0.5) is 5.69 Å². The highest BCUT2D eigenvalue weighted by Crippen LogP contribution is 2.34. The highest BCUT2D eigenvalue weighted by molar-refractivity contribution is 6.36. The van der Waals surface area contributed by atoms with Crippen molar-refractivity contribution >= 4 is 23.1 Å². The predicted octanol–water partition coefficient (Wildman–Crippen LogP) is 4.02. The maximum atomic E-state index is 13.3. The first kappa shape index (κ1) is 23.3. The lowest BCUT2D eigenvalue weighted by atomic mass is 10.0. The molecule has 1 N–H and O–H groups in total. The number of imide groups is 1. The van der Waals surface area contributed by atoms with Gasteiger partial charge in [0.2, 0.25) is 0 Å². The molecule has 0 radical (unpaired) electrons. The summed E-state index contributed by atoms with van der Waals surface area (Å²) in [5.74, 6) is 0.553. The normalized spacial score (nSPS) is 13.9. The molecule has 7 heteroatoms. The maximum absolute atomic E-state index is 13.3. The van der Waals surface area contributed by atoms with E-state index in [-0.39, 0.29) is 30.2 Å². The number of nitrogens with one attached hydrogen (secondary N) is 1. The van der Waals surface area contributed by atoms with Crippen molar-refractivity contribution in [2.45, 2.75) is 33.3 Å². The third-order valence-electron chi connectivity index (χ3n) is 5.14. The molecule has 1 aliphatic rings. The van der Waals surface area contributed by atoms with Crippen LogP contribution >= 0.6 is 0 Å². The monoisotopic (exact) mass is 438 g/mol. The van der Waals surface area contributed by atoms with E-state index in [0.29, 0.717) is 41.4 Å². The fourth-order valence-corrected chi connectivity index (χ4v) is 3.52. The van der Waals surface area contributed by atoms with Gasteiger partial charge in [-0.05, 0) is 62.6 Å². The Hall–Kier alpha value is -3.32. The topological polar surface area (TPSA) is 77.1 Å². The summed E-state index contributed by atoms with van der Waals surface area (Å²) in [6.07, 6.45) is 0.658. The molecule has 0 aromatic heterocycles. The molecule has 1 heterocycles. The number of aryl methyl sites for hydroxylation is 1. The fraction of sp³-hybridized carbons (Fsp3) is 0.360. The first-order valence-corrected chi connectivity index (χ1v) is 10.6. The van der Waals surface area contributed by atoms with Gasteiger partial charge in [-0.2, -0.15) is 0 Å². The van der Waals surface area contributed by atoms with E-state index in [9.17, 15) is 9.59 Å². The highest BCUT2D eigenvalue weighted by atomic mass is 16.5. The Balaban J connectivity index is 1.96. The Morgan fingerprint density at radius 2 is 1.69 bits per heavy atom. The van der Waals surface area contributed by atoms with E-state index < -0.39 is 0 Å².